The van der Waals surface area contributed by atoms with Gasteiger partial charge in [0, 0.05) is 25.8 Å². The number of nitrogens with zero attached hydrogens (tertiary/aromatic N) is 2. The van der Waals surface area contributed by atoms with Gasteiger partial charge in [-0.1, -0.05) is 35.9 Å². The molecule has 1 atom stereocenters. The smallest absolute Gasteiger partial charge is 0.126 e. The van der Waals surface area contributed by atoms with Crippen LogP contribution in [0.5, 0.6) is 0 Å². The van der Waals surface area contributed by atoms with Crippen molar-refractivity contribution in [2.45, 2.75) is 44.4 Å². The molecule has 25 heavy (non-hydrogen) atoms. The lowest BCUT2D eigenvalue weighted by atomic mass is 9.87. The predicted molar refractivity (Wildman–Crippen MR) is 101 cm³/mol. The fourth-order valence-corrected chi connectivity index (χ4v) is 4.13. The van der Waals surface area contributed by atoms with E-state index in [-0.39, 0.29) is 5.60 Å². The molecule has 0 unspecified atom stereocenters. The lowest BCUT2D eigenvalue weighted by Crippen LogP contribution is -2.44. The number of aryl methyl sites for hydroxylation is 1. The van der Waals surface area contributed by atoms with Gasteiger partial charge in [0.2, 0.25) is 0 Å². The van der Waals surface area contributed by atoms with Crippen LogP contribution in [0.4, 0.5) is 5.82 Å². The van der Waals surface area contributed by atoms with Crippen LogP contribution in [-0.4, -0.2) is 41.2 Å². The Hall–Kier alpha value is -1.91. The third kappa shape index (κ3) is 4.02. The zero-order valence-electron chi connectivity index (χ0n) is 14.9. The molecule has 2 saturated heterocycles. The molecule has 1 aromatic heterocycles. The van der Waals surface area contributed by atoms with Gasteiger partial charge >= 0.3 is 0 Å². The summed E-state index contributed by atoms with van der Waals surface area (Å²) in [6.07, 6.45) is 5.16. The number of nitrogens with one attached hydrogen (secondary N) is 1. The largest absolute Gasteiger partial charge is 0.373 e. The zero-order chi connectivity index (χ0) is 17.1. The molecule has 2 fully saturated rings. The number of ether oxygens (including phenoxy) is 1. The van der Waals surface area contributed by atoms with Crippen molar-refractivity contribution in [2.75, 3.05) is 25.0 Å². The fourth-order valence-electron chi connectivity index (χ4n) is 4.13. The van der Waals surface area contributed by atoms with Crippen LogP contribution in [-0.2, 0) is 11.3 Å². The summed E-state index contributed by atoms with van der Waals surface area (Å²) in [5.41, 5.74) is 2.82. The number of benzene rings is 1. The Labute approximate surface area is 150 Å². The second-order valence-corrected chi connectivity index (χ2v) is 7.52. The van der Waals surface area contributed by atoms with Crippen LogP contribution in [0.2, 0.25) is 0 Å². The van der Waals surface area contributed by atoms with E-state index in [2.05, 4.69) is 46.4 Å². The van der Waals surface area contributed by atoms with Gasteiger partial charge in [0.25, 0.3) is 0 Å². The van der Waals surface area contributed by atoms with Crippen LogP contribution in [0.15, 0.2) is 48.7 Å². The van der Waals surface area contributed by atoms with Gasteiger partial charge in [-0.3, -0.25) is 4.90 Å². The Bertz CT molecular complexity index is 695. The summed E-state index contributed by atoms with van der Waals surface area (Å²) in [5, 5.41) is 3.52. The average molecular weight is 337 g/mol. The molecule has 1 N–H and O–H groups in total. The summed E-state index contributed by atoms with van der Waals surface area (Å²) in [4.78, 5) is 6.93. The van der Waals surface area contributed by atoms with Gasteiger partial charge in [0.15, 0.2) is 0 Å². The van der Waals surface area contributed by atoms with Gasteiger partial charge in [-0.05, 0) is 43.9 Å². The monoisotopic (exact) mass is 337 g/mol. The molecule has 2 aliphatic heterocycles. The molecule has 0 saturated carbocycles. The van der Waals surface area contributed by atoms with E-state index in [1.807, 2.05) is 24.4 Å². The van der Waals surface area contributed by atoms with Crippen molar-refractivity contribution in [1.82, 2.24) is 9.88 Å². The Balaban J connectivity index is 1.29. The highest BCUT2D eigenvalue weighted by molar-refractivity contribution is 5.35. The van der Waals surface area contributed by atoms with Crippen LogP contribution in [0.1, 0.15) is 30.4 Å². The maximum absolute atomic E-state index is 6.27. The maximum atomic E-state index is 6.27. The van der Waals surface area contributed by atoms with Crippen LogP contribution in [0.25, 0.3) is 0 Å². The number of anilines is 1. The van der Waals surface area contributed by atoms with Gasteiger partial charge in [-0.15, -0.1) is 0 Å². The molecule has 0 amide bonds. The number of hydrogen-bond donors (Lipinski definition) is 1. The number of piperidine rings is 1. The number of pyridine rings is 1. The molecular weight excluding hydrogens is 310 g/mol. The molecule has 3 heterocycles. The van der Waals surface area contributed by atoms with E-state index in [1.54, 1.807) is 0 Å². The van der Waals surface area contributed by atoms with Crippen molar-refractivity contribution in [3.63, 3.8) is 0 Å². The van der Waals surface area contributed by atoms with Crippen molar-refractivity contribution in [3.05, 3.63) is 59.8 Å². The molecule has 4 rings (SSSR count). The van der Waals surface area contributed by atoms with Gasteiger partial charge in [0.1, 0.15) is 5.82 Å². The first-order valence-corrected chi connectivity index (χ1v) is 9.30. The van der Waals surface area contributed by atoms with Crippen LogP contribution in [0.3, 0.4) is 0 Å². The zero-order valence-corrected chi connectivity index (χ0v) is 14.9. The second kappa shape index (κ2) is 7.14. The Morgan fingerprint density at radius 1 is 1.20 bits per heavy atom. The van der Waals surface area contributed by atoms with E-state index in [4.69, 9.17) is 4.74 Å². The first-order valence-electron chi connectivity index (χ1n) is 9.30. The number of rotatable bonds is 4. The van der Waals surface area contributed by atoms with E-state index >= 15 is 0 Å². The molecular formula is C21H27N3O. The van der Waals surface area contributed by atoms with E-state index in [0.717, 1.165) is 51.3 Å². The molecule has 0 aliphatic carbocycles. The lowest BCUT2D eigenvalue weighted by Gasteiger charge is -2.38. The number of likely N-dealkylation sites (tertiary alicyclic amines) is 1. The Morgan fingerprint density at radius 3 is 2.84 bits per heavy atom. The second-order valence-electron chi connectivity index (χ2n) is 7.52. The van der Waals surface area contributed by atoms with Crippen molar-refractivity contribution in [3.8, 4) is 0 Å². The van der Waals surface area contributed by atoms with Gasteiger partial charge < -0.3 is 10.1 Å². The highest BCUT2D eigenvalue weighted by Crippen LogP contribution is 2.37. The van der Waals surface area contributed by atoms with Crippen molar-refractivity contribution < 1.29 is 4.74 Å². The minimum absolute atomic E-state index is 0.0650. The Kier molecular flexibility index (Phi) is 4.73. The van der Waals surface area contributed by atoms with Gasteiger partial charge in [-0.25, -0.2) is 4.98 Å². The molecule has 0 bridgehead atoms. The van der Waals surface area contributed by atoms with Gasteiger partial charge in [-0.2, -0.15) is 0 Å². The van der Waals surface area contributed by atoms with E-state index < -0.39 is 0 Å². The van der Waals surface area contributed by atoms with E-state index in [1.165, 1.54) is 11.1 Å². The van der Waals surface area contributed by atoms with Crippen LogP contribution >= 0.6 is 0 Å². The summed E-state index contributed by atoms with van der Waals surface area (Å²) < 4.78 is 6.27. The summed E-state index contributed by atoms with van der Waals surface area (Å²) in [5.74, 6) is 0.949. The summed E-state index contributed by atoms with van der Waals surface area (Å²) in [6.45, 7) is 6.23. The number of hydrogen-bond acceptors (Lipinski definition) is 4. The lowest BCUT2D eigenvalue weighted by molar-refractivity contribution is -0.0448. The third-order valence-corrected chi connectivity index (χ3v) is 5.48. The predicted octanol–water partition coefficient (Wildman–Crippen LogP) is 3.63. The van der Waals surface area contributed by atoms with Crippen molar-refractivity contribution in [1.29, 1.82) is 0 Å². The average Bonchev–Trinajstić information content (AvgIpc) is 3.01. The topological polar surface area (TPSA) is 37.4 Å². The summed E-state index contributed by atoms with van der Waals surface area (Å²) >= 11 is 0. The molecule has 4 nitrogen and oxygen atoms in total. The minimum atomic E-state index is 0.0650. The first-order chi connectivity index (χ1) is 12.2. The summed E-state index contributed by atoms with van der Waals surface area (Å²) in [6, 6.07) is 15.2. The van der Waals surface area contributed by atoms with Crippen LogP contribution in [0, 0.1) is 6.92 Å². The molecule has 1 spiro atoms. The van der Waals surface area contributed by atoms with E-state index in [0.29, 0.717) is 6.04 Å². The minimum Gasteiger partial charge on any atom is -0.373 e. The normalized spacial score (nSPS) is 23.0. The van der Waals surface area contributed by atoms with Crippen molar-refractivity contribution in [2.24, 2.45) is 0 Å². The highest BCUT2D eigenvalue weighted by atomic mass is 16.5. The highest BCUT2D eigenvalue weighted by Gasteiger charge is 2.42. The SMILES string of the molecule is Cc1cccc(CN2CCC3(CC2)C[C@@H](Nc2ccccn2)CO3)c1. The van der Waals surface area contributed by atoms with Gasteiger partial charge in [0.05, 0.1) is 18.2 Å². The molecule has 2 aromatic rings. The van der Waals surface area contributed by atoms with E-state index in [9.17, 15) is 0 Å². The molecule has 0 radical (unpaired) electrons. The first kappa shape index (κ1) is 16.6. The van der Waals surface area contributed by atoms with Crippen LogP contribution < -0.4 is 5.32 Å². The molecule has 4 heteroatoms. The third-order valence-electron chi connectivity index (χ3n) is 5.48. The Morgan fingerprint density at radius 2 is 2.08 bits per heavy atom. The molecule has 1 aromatic carbocycles. The fraction of sp³-hybridized carbons (Fsp3) is 0.476. The molecule has 132 valence electrons. The maximum Gasteiger partial charge on any atom is 0.126 e. The number of aromatic nitrogens is 1. The summed E-state index contributed by atoms with van der Waals surface area (Å²) in [7, 11) is 0. The quantitative estimate of drug-likeness (QED) is 0.924. The van der Waals surface area contributed by atoms with Crippen molar-refractivity contribution >= 4 is 5.82 Å². The standard InChI is InChI=1S/C21H27N3O/c1-17-5-4-6-18(13-17)15-24-11-8-21(9-12-24)14-19(16-25-21)23-20-7-2-3-10-22-20/h2-7,10,13,19H,8-9,11-12,14-16H2,1H3,(H,22,23)/t19-/m1/s1. The molecule has 2 aliphatic rings.